The molecule has 1 aromatic carbocycles. The Labute approximate surface area is 139 Å². The van der Waals surface area contributed by atoms with Gasteiger partial charge in [-0.3, -0.25) is 4.98 Å². The van der Waals surface area contributed by atoms with Crippen LogP contribution in [-0.2, 0) is 6.18 Å². The molecule has 0 spiro atoms. The smallest absolute Gasteiger partial charge is 0.265 e. The Hall–Kier alpha value is -2.81. The summed E-state index contributed by atoms with van der Waals surface area (Å²) in [5.74, 6) is 0.477. The summed E-state index contributed by atoms with van der Waals surface area (Å²) in [7, 11) is 0. The molecule has 0 fully saturated rings. The largest absolute Gasteiger partial charge is 0.416 e. The van der Waals surface area contributed by atoms with Crippen LogP contribution in [0.4, 0.5) is 13.2 Å². The molecule has 0 saturated heterocycles. The van der Waals surface area contributed by atoms with E-state index in [-0.39, 0.29) is 4.77 Å². The Balaban J connectivity index is 1.91. The number of rotatable bonds is 3. The number of benzene rings is 1. The SMILES string of the molecule is FC(F)(F)c1ccc(/C=N\n2c(-c3ccncc3)n[nH]c2=S)cc1. The Morgan fingerprint density at radius 3 is 2.38 bits per heavy atom. The van der Waals surface area contributed by atoms with E-state index in [0.717, 1.165) is 17.7 Å². The van der Waals surface area contributed by atoms with E-state index in [1.54, 1.807) is 24.5 Å². The molecule has 2 aromatic heterocycles. The molecule has 2 heterocycles. The summed E-state index contributed by atoms with van der Waals surface area (Å²) in [6.45, 7) is 0. The fourth-order valence-electron chi connectivity index (χ4n) is 1.97. The molecule has 3 rings (SSSR count). The first-order valence-corrected chi connectivity index (χ1v) is 7.15. The molecule has 0 bridgehead atoms. The van der Waals surface area contributed by atoms with E-state index in [2.05, 4.69) is 20.3 Å². The van der Waals surface area contributed by atoms with Gasteiger partial charge in [-0.2, -0.15) is 28.0 Å². The van der Waals surface area contributed by atoms with Gasteiger partial charge in [-0.1, -0.05) is 12.1 Å². The summed E-state index contributed by atoms with van der Waals surface area (Å²) in [6, 6.07) is 8.16. The molecule has 0 aliphatic carbocycles. The maximum absolute atomic E-state index is 12.6. The third-order valence-electron chi connectivity index (χ3n) is 3.15. The van der Waals surface area contributed by atoms with Gasteiger partial charge >= 0.3 is 6.18 Å². The standard InChI is InChI=1S/C15H10F3N5S/c16-15(17,18)12-3-1-10(2-4-12)9-20-23-13(21-22-14(23)24)11-5-7-19-8-6-11/h1-9H,(H,22,24)/b20-9-. The van der Waals surface area contributed by atoms with E-state index in [4.69, 9.17) is 12.2 Å². The Kier molecular flexibility index (Phi) is 4.26. The van der Waals surface area contributed by atoms with E-state index in [1.165, 1.54) is 23.0 Å². The summed E-state index contributed by atoms with van der Waals surface area (Å²) in [5, 5.41) is 10.9. The molecular formula is C15H10F3N5S. The van der Waals surface area contributed by atoms with Gasteiger partial charge in [-0.25, -0.2) is 5.10 Å². The minimum absolute atomic E-state index is 0.268. The molecular weight excluding hydrogens is 339 g/mol. The molecule has 0 amide bonds. The Morgan fingerprint density at radius 2 is 1.75 bits per heavy atom. The van der Waals surface area contributed by atoms with E-state index in [1.807, 2.05) is 0 Å². The zero-order valence-corrected chi connectivity index (χ0v) is 12.8. The number of hydrogen-bond acceptors (Lipinski definition) is 4. The number of halogens is 3. The van der Waals surface area contributed by atoms with Gasteiger partial charge in [0.05, 0.1) is 11.8 Å². The number of H-pyrrole nitrogens is 1. The minimum Gasteiger partial charge on any atom is -0.265 e. The second-order valence-electron chi connectivity index (χ2n) is 4.76. The van der Waals surface area contributed by atoms with Crippen molar-refractivity contribution in [1.82, 2.24) is 19.9 Å². The third-order valence-corrected chi connectivity index (χ3v) is 3.41. The summed E-state index contributed by atoms with van der Waals surface area (Å²) >= 11 is 5.12. The van der Waals surface area contributed by atoms with Gasteiger partial charge in [-0.15, -0.1) is 0 Å². The van der Waals surface area contributed by atoms with Crippen LogP contribution in [0, 0.1) is 4.77 Å². The van der Waals surface area contributed by atoms with Gasteiger partial charge < -0.3 is 0 Å². The lowest BCUT2D eigenvalue weighted by molar-refractivity contribution is -0.137. The van der Waals surface area contributed by atoms with Crippen molar-refractivity contribution >= 4 is 18.4 Å². The Morgan fingerprint density at radius 1 is 1.08 bits per heavy atom. The topological polar surface area (TPSA) is 58.9 Å². The van der Waals surface area contributed by atoms with E-state index in [0.29, 0.717) is 11.4 Å². The molecule has 9 heteroatoms. The van der Waals surface area contributed by atoms with Gasteiger partial charge in [0.25, 0.3) is 0 Å². The molecule has 0 atom stereocenters. The molecule has 122 valence electrons. The molecule has 0 aliphatic heterocycles. The number of alkyl halides is 3. The first-order valence-electron chi connectivity index (χ1n) is 6.74. The maximum Gasteiger partial charge on any atom is 0.416 e. The Bertz CT molecular complexity index is 911. The van der Waals surface area contributed by atoms with Crippen molar-refractivity contribution in [3.63, 3.8) is 0 Å². The average molecular weight is 349 g/mol. The van der Waals surface area contributed by atoms with Gasteiger partial charge in [0.15, 0.2) is 5.82 Å². The number of nitrogens with one attached hydrogen (secondary N) is 1. The predicted molar refractivity (Wildman–Crippen MR) is 85.1 cm³/mol. The highest BCUT2D eigenvalue weighted by Crippen LogP contribution is 2.28. The molecule has 0 saturated carbocycles. The molecule has 5 nitrogen and oxygen atoms in total. The number of hydrogen-bond donors (Lipinski definition) is 1. The van der Waals surface area contributed by atoms with Crippen LogP contribution in [0.5, 0.6) is 0 Å². The van der Waals surface area contributed by atoms with Gasteiger partial charge in [0.1, 0.15) is 0 Å². The van der Waals surface area contributed by atoms with Crippen LogP contribution in [0.3, 0.4) is 0 Å². The van der Waals surface area contributed by atoms with E-state index < -0.39 is 11.7 Å². The number of aromatic nitrogens is 4. The second kappa shape index (κ2) is 6.36. The zero-order chi connectivity index (χ0) is 17.2. The summed E-state index contributed by atoms with van der Waals surface area (Å²) in [5.41, 5.74) is 0.547. The van der Waals surface area contributed by atoms with Crippen molar-refractivity contribution in [3.8, 4) is 11.4 Å². The number of pyridine rings is 1. The normalized spacial score (nSPS) is 12.0. The van der Waals surface area contributed by atoms with E-state index >= 15 is 0 Å². The molecule has 1 N–H and O–H groups in total. The lowest BCUT2D eigenvalue weighted by Gasteiger charge is -2.05. The molecule has 3 aromatic rings. The average Bonchev–Trinajstić information content (AvgIpc) is 2.94. The number of nitrogens with zero attached hydrogens (tertiary/aromatic N) is 4. The van der Waals surface area contributed by atoms with Crippen molar-refractivity contribution < 1.29 is 13.2 Å². The van der Waals surface area contributed by atoms with Crippen LogP contribution < -0.4 is 0 Å². The van der Waals surface area contributed by atoms with E-state index in [9.17, 15) is 13.2 Å². The van der Waals surface area contributed by atoms with Crippen molar-refractivity contribution in [3.05, 3.63) is 64.7 Å². The van der Waals surface area contributed by atoms with Crippen molar-refractivity contribution in [2.75, 3.05) is 0 Å². The molecule has 0 unspecified atom stereocenters. The maximum atomic E-state index is 12.6. The molecule has 24 heavy (non-hydrogen) atoms. The summed E-state index contributed by atoms with van der Waals surface area (Å²) < 4.78 is 39.3. The van der Waals surface area contributed by atoms with Crippen LogP contribution in [0.25, 0.3) is 11.4 Å². The van der Waals surface area contributed by atoms with Crippen LogP contribution in [0.15, 0.2) is 53.9 Å². The van der Waals surface area contributed by atoms with Gasteiger partial charge in [0, 0.05) is 18.0 Å². The van der Waals surface area contributed by atoms with Crippen LogP contribution in [-0.4, -0.2) is 26.1 Å². The quantitative estimate of drug-likeness (QED) is 0.576. The van der Waals surface area contributed by atoms with Crippen molar-refractivity contribution in [1.29, 1.82) is 0 Å². The fourth-order valence-corrected chi connectivity index (χ4v) is 2.15. The highest BCUT2D eigenvalue weighted by molar-refractivity contribution is 7.71. The molecule has 0 radical (unpaired) electrons. The van der Waals surface area contributed by atoms with Crippen molar-refractivity contribution in [2.45, 2.75) is 6.18 Å². The lowest BCUT2D eigenvalue weighted by atomic mass is 10.1. The molecule has 0 aliphatic rings. The first-order chi connectivity index (χ1) is 11.4. The van der Waals surface area contributed by atoms with Crippen LogP contribution >= 0.6 is 12.2 Å². The second-order valence-corrected chi connectivity index (χ2v) is 5.15. The highest BCUT2D eigenvalue weighted by atomic mass is 32.1. The summed E-state index contributed by atoms with van der Waals surface area (Å²) in [6.07, 6.45) is 0.265. The highest BCUT2D eigenvalue weighted by Gasteiger charge is 2.29. The zero-order valence-electron chi connectivity index (χ0n) is 12.0. The van der Waals surface area contributed by atoms with Crippen LogP contribution in [0.1, 0.15) is 11.1 Å². The fraction of sp³-hybridized carbons (Fsp3) is 0.0667. The monoisotopic (exact) mass is 349 g/mol. The van der Waals surface area contributed by atoms with Gasteiger partial charge in [0.2, 0.25) is 4.77 Å². The number of aromatic amines is 1. The predicted octanol–water partition coefficient (Wildman–Crippen LogP) is 3.90. The minimum atomic E-state index is -4.36. The first kappa shape index (κ1) is 16.1. The van der Waals surface area contributed by atoms with Crippen molar-refractivity contribution in [2.24, 2.45) is 5.10 Å². The summed E-state index contributed by atoms with van der Waals surface area (Å²) in [4.78, 5) is 3.93. The van der Waals surface area contributed by atoms with Gasteiger partial charge in [-0.05, 0) is 42.0 Å². The lowest BCUT2D eigenvalue weighted by Crippen LogP contribution is -2.04. The van der Waals surface area contributed by atoms with Crippen LogP contribution in [0.2, 0.25) is 0 Å². The third kappa shape index (κ3) is 3.40.